The van der Waals surface area contributed by atoms with Gasteiger partial charge in [0, 0.05) is 12.4 Å². The third kappa shape index (κ3) is 4.20. The number of aromatic nitrogens is 4. The summed E-state index contributed by atoms with van der Waals surface area (Å²) in [5, 5.41) is 16.4. The number of rotatable bonds is 5. The molecule has 0 aliphatic rings. The zero-order valence-electron chi connectivity index (χ0n) is 14.1. The summed E-state index contributed by atoms with van der Waals surface area (Å²) in [7, 11) is -4.34. The van der Waals surface area contributed by atoms with Gasteiger partial charge < -0.3 is 20.2 Å². The molecule has 10 nitrogen and oxygen atoms in total. The minimum absolute atomic E-state index is 0.0367. The van der Waals surface area contributed by atoms with Crippen LogP contribution >= 0.6 is 7.60 Å². The predicted molar refractivity (Wildman–Crippen MR) is 96.0 cm³/mol. The quantitative estimate of drug-likeness (QED) is 0.470. The molecule has 0 fully saturated rings. The van der Waals surface area contributed by atoms with Gasteiger partial charge in [-0.15, -0.1) is 0 Å². The van der Waals surface area contributed by atoms with E-state index in [4.69, 9.17) is 9.79 Å². The van der Waals surface area contributed by atoms with E-state index < -0.39 is 25.3 Å². The van der Waals surface area contributed by atoms with Gasteiger partial charge in [0.15, 0.2) is 0 Å². The molecule has 140 valence electrons. The lowest BCUT2D eigenvalue weighted by molar-refractivity contribution is -0.117. The minimum Gasteiger partial charge on any atom is -0.492 e. The third-order valence-corrected chi connectivity index (χ3v) is 4.82. The Morgan fingerprint density at radius 2 is 1.96 bits per heavy atom. The molecule has 3 rings (SSSR count). The summed E-state index contributed by atoms with van der Waals surface area (Å²) in [6.45, 7) is 1.62. The van der Waals surface area contributed by atoms with Crippen molar-refractivity contribution < 1.29 is 24.3 Å². The molecule has 4 N–H and O–H groups in total. The molecule has 0 saturated carbocycles. The van der Waals surface area contributed by atoms with Gasteiger partial charge in [-0.1, -0.05) is 12.1 Å². The van der Waals surface area contributed by atoms with E-state index in [-0.39, 0.29) is 16.9 Å². The summed E-state index contributed by atoms with van der Waals surface area (Å²) in [4.78, 5) is 38.6. The van der Waals surface area contributed by atoms with Crippen LogP contribution in [0.4, 0.5) is 5.69 Å². The van der Waals surface area contributed by atoms with Crippen LogP contribution in [0.25, 0.3) is 5.95 Å². The maximum Gasteiger partial charge on any atom is 0.356 e. The van der Waals surface area contributed by atoms with Crippen molar-refractivity contribution in [2.45, 2.75) is 12.8 Å². The monoisotopic (exact) mass is 389 g/mol. The van der Waals surface area contributed by atoms with Crippen molar-refractivity contribution in [3.63, 3.8) is 0 Å². The Hall–Kier alpha value is -3.07. The van der Waals surface area contributed by atoms with E-state index in [1.807, 2.05) is 0 Å². The van der Waals surface area contributed by atoms with Crippen LogP contribution in [-0.4, -0.2) is 40.5 Å². The summed E-state index contributed by atoms with van der Waals surface area (Å²) < 4.78 is 12.6. The molecule has 0 saturated heterocycles. The van der Waals surface area contributed by atoms with Crippen molar-refractivity contribution in [1.29, 1.82) is 0 Å². The number of carbonyl (C=O) groups excluding carboxylic acids is 1. The lowest BCUT2D eigenvalue weighted by atomic mass is 10.0. The first-order valence-electron chi connectivity index (χ1n) is 7.78. The van der Waals surface area contributed by atoms with Gasteiger partial charge in [-0.2, -0.15) is 10.1 Å². The highest BCUT2D eigenvalue weighted by Crippen LogP contribution is 2.33. The fraction of sp³-hybridized carbons (Fsp3) is 0.125. The normalized spacial score (nSPS) is 12.6. The minimum atomic E-state index is -4.34. The van der Waals surface area contributed by atoms with E-state index in [0.29, 0.717) is 5.56 Å². The summed E-state index contributed by atoms with van der Waals surface area (Å²) in [5.41, 5.74) is 0.591. The van der Waals surface area contributed by atoms with Crippen LogP contribution in [0.1, 0.15) is 18.4 Å². The summed E-state index contributed by atoms with van der Waals surface area (Å²) in [6.07, 6.45) is 4.41. The summed E-state index contributed by atoms with van der Waals surface area (Å²) in [6, 6.07) is 7.17. The van der Waals surface area contributed by atoms with E-state index in [1.165, 1.54) is 41.3 Å². The molecule has 27 heavy (non-hydrogen) atoms. The molecule has 0 radical (unpaired) electrons. The molecule has 11 heteroatoms. The topological polar surface area (TPSA) is 150 Å². The number of aromatic hydroxyl groups is 1. The Labute approximate surface area is 153 Å². The Morgan fingerprint density at radius 3 is 2.52 bits per heavy atom. The van der Waals surface area contributed by atoms with Crippen molar-refractivity contribution in [3.05, 3.63) is 54.5 Å². The second-order valence-corrected chi connectivity index (χ2v) is 7.31. The molecule has 2 aromatic heterocycles. The van der Waals surface area contributed by atoms with Gasteiger partial charge in [0.2, 0.25) is 11.8 Å². The highest BCUT2D eigenvalue weighted by molar-refractivity contribution is 7.60. The number of nitrogens with zero attached hydrogens (tertiary/aromatic N) is 4. The largest absolute Gasteiger partial charge is 0.492 e. The van der Waals surface area contributed by atoms with E-state index in [2.05, 4.69) is 20.4 Å². The molecule has 1 aromatic carbocycles. The Balaban J connectivity index is 1.74. The maximum absolute atomic E-state index is 12.4. The summed E-state index contributed by atoms with van der Waals surface area (Å²) in [5.74, 6) is -1.34. The van der Waals surface area contributed by atoms with E-state index in [0.717, 1.165) is 0 Å². The first-order chi connectivity index (χ1) is 12.8. The second kappa shape index (κ2) is 7.28. The molecule has 1 amide bonds. The molecule has 2 heterocycles. The number of benzene rings is 1. The van der Waals surface area contributed by atoms with E-state index in [1.54, 1.807) is 19.2 Å². The number of hydrogen-bond acceptors (Lipinski definition) is 6. The first kappa shape index (κ1) is 18.7. The van der Waals surface area contributed by atoms with Gasteiger partial charge >= 0.3 is 7.60 Å². The highest BCUT2D eigenvalue weighted by Gasteiger charge is 2.20. The van der Waals surface area contributed by atoms with E-state index >= 15 is 0 Å². The van der Waals surface area contributed by atoms with Crippen molar-refractivity contribution >= 4 is 24.5 Å². The highest BCUT2D eigenvalue weighted by atomic mass is 31.2. The maximum atomic E-state index is 12.4. The summed E-state index contributed by atoms with van der Waals surface area (Å²) >= 11 is 0. The molecule has 1 unspecified atom stereocenters. The molecule has 1 atom stereocenters. The SMILES string of the molecule is CC(C(=O)Nc1cnc(-n2cccn2)nc1O)c1ccc(P(=O)(O)O)cc1. The number of anilines is 1. The zero-order chi connectivity index (χ0) is 19.6. The molecule has 3 aromatic rings. The van der Waals surface area contributed by atoms with Crippen LogP contribution in [0.5, 0.6) is 5.88 Å². The third-order valence-electron chi connectivity index (χ3n) is 3.85. The van der Waals surface area contributed by atoms with Gasteiger partial charge in [0.05, 0.1) is 17.4 Å². The zero-order valence-corrected chi connectivity index (χ0v) is 15.0. The smallest absolute Gasteiger partial charge is 0.356 e. The second-order valence-electron chi connectivity index (χ2n) is 5.70. The number of amides is 1. The van der Waals surface area contributed by atoms with Crippen LogP contribution in [-0.2, 0) is 9.36 Å². The van der Waals surface area contributed by atoms with Crippen LogP contribution < -0.4 is 10.6 Å². The predicted octanol–water partition coefficient (Wildman–Crippen LogP) is 0.913. The molecule has 0 aliphatic heterocycles. The van der Waals surface area contributed by atoms with E-state index in [9.17, 15) is 14.5 Å². The Morgan fingerprint density at radius 1 is 1.26 bits per heavy atom. The number of hydrogen-bond donors (Lipinski definition) is 4. The molecular formula is C16H16N5O5P. The van der Waals surface area contributed by atoms with Gasteiger partial charge in [-0.05, 0) is 30.7 Å². The van der Waals surface area contributed by atoms with Gasteiger partial charge in [0.25, 0.3) is 5.95 Å². The fourth-order valence-corrected chi connectivity index (χ4v) is 2.84. The lowest BCUT2D eigenvalue weighted by Gasteiger charge is -2.14. The average molecular weight is 389 g/mol. The first-order valence-corrected chi connectivity index (χ1v) is 9.40. The average Bonchev–Trinajstić information content (AvgIpc) is 3.17. The lowest BCUT2D eigenvalue weighted by Crippen LogP contribution is -2.20. The standard InChI is InChI=1S/C16H16N5O5P/c1-10(11-3-5-12(6-4-11)27(24,25)26)14(22)19-13-9-17-16(20-15(13)23)21-8-2-7-18-21/h2-10H,1H3,(H,19,22)(H,17,20,23)(H2,24,25,26). The number of nitrogens with one attached hydrogen (secondary N) is 1. The Bertz CT molecular complexity index is 1000. The van der Waals surface area contributed by atoms with Gasteiger partial charge in [0.1, 0.15) is 5.69 Å². The van der Waals surface area contributed by atoms with Gasteiger partial charge in [-0.25, -0.2) is 9.67 Å². The molecule has 0 aliphatic carbocycles. The van der Waals surface area contributed by atoms with Crippen LogP contribution in [0, 0.1) is 0 Å². The van der Waals surface area contributed by atoms with Gasteiger partial charge in [-0.3, -0.25) is 9.36 Å². The fourth-order valence-electron chi connectivity index (χ4n) is 2.30. The van der Waals surface area contributed by atoms with Crippen molar-refractivity contribution in [3.8, 4) is 11.8 Å². The van der Waals surface area contributed by atoms with Crippen LogP contribution in [0.3, 0.4) is 0 Å². The van der Waals surface area contributed by atoms with Crippen molar-refractivity contribution in [2.24, 2.45) is 0 Å². The van der Waals surface area contributed by atoms with Crippen molar-refractivity contribution in [2.75, 3.05) is 5.32 Å². The number of carbonyl (C=O) groups is 1. The van der Waals surface area contributed by atoms with Crippen LogP contribution in [0.2, 0.25) is 0 Å². The molecular weight excluding hydrogens is 373 g/mol. The Kier molecular flexibility index (Phi) is 5.04. The molecule has 0 spiro atoms. The molecule has 0 bridgehead atoms. The van der Waals surface area contributed by atoms with Crippen LogP contribution in [0.15, 0.2) is 48.9 Å². The van der Waals surface area contributed by atoms with Crippen molar-refractivity contribution in [1.82, 2.24) is 19.7 Å².